The van der Waals surface area contributed by atoms with E-state index in [9.17, 15) is 14.0 Å². The Labute approximate surface area is 162 Å². The van der Waals surface area contributed by atoms with Crippen LogP contribution in [0.4, 0.5) is 4.39 Å². The fraction of sp³-hybridized carbons (Fsp3) is 0.500. The third kappa shape index (κ3) is 2.95. The quantitative estimate of drug-likeness (QED) is 0.735. The monoisotopic (exact) mass is 382 g/mol. The maximum Gasteiger partial charge on any atom is 0.357 e. The molecule has 1 aromatic heterocycles. The number of nitrogens with zero attached hydrogens (tertiary/aromatic N) is 2. The van der Waals surface area contributed by atoms with Crippen molar-refractivity contribution in [2.24, 2.45) is 23.2 Å². The second kappa shape index (κ2) is 6.54. The number of ketones is 1. The molecule has 1 heterocycles. The number of ether oxygens (including phenoxy) is 1. The first-order chi connectivity index (χ1) is 13.5. The normalized spacial score (nSPS) is 30.4. The van der Waals surface area contributed by atoms with Crippen LogP contribution in [0.2, 0.25) is 0 Å². The van der Waals surface area contributed by atoms with Gasteiger partial charge < -0.3 is 4.74 Å². The molecule has 4 aliphatic carbocycles. The van der Waals surface area contributed by atoms with Crippen molar-refractivity contribution in [1.82, 2.24) is 9.55 Å². The first kappa shape index (κ1) is 17.6. The summed E-state index contributed by atoms with van der Waals surface area (Å²) in [5, 5.41) is 0. The van der Waals surface area contributed by atoms with Crippen molar-refractivity contribution >= 4 is 11.8 Å². The lowest BCUT2D eigenvalue weighted by atomic mass is 9.48. The summed E-state index contributed by atoms with van der Waals surface area (Å²) in [5.74, 6) is 1.16. The highest BCUT2D eigenvalue weighted by Crippen LogP contribution is 2.60. The summed E-state index contributed by atoms with van der Waals surface area (Å²) in [6, 6.07) is 5.77. The van der Waals surface area contributed by atoms with Gasteiger partial charge in [-0.25, -0.2) is 14.2 Å². The smallest absolute Gasteiger partial charge is 0.357 e. The molecule has 146 valence electrons. The third-order valence-electron chi connectivity index (χ3n) is 6.92. The van der Waals surface area contributed by atoms with Gasteiger partial charge in [0.25, 0.3) is 0 Å². The summed E-state index contributed by atoms with van der Waals surface area (Å²) < 4.78 is 20.1. The molecule has 0 spiro atoms. The average molecular weight is 382 g/mol. The summed E-state index contributed by atoms with van der Waals surface area (Å²) in [5.41, 5.74) is 0.565. The maximum absolute atomic E-state index is 13.2. The number of aromatic nitrogens is 2. The highest BCUT2D eigenvalue weighted by atomic mass is 19.1. The maximum atomic E-state index is 13.2. The van der Waals surface area contributed by atoms with E-state index in [1.807, 2.05) is 0 Å². The first-order valence-corrected chi connectivity index (χ1v) is 10.0. The number of hydrogen-bond donors (Lipinski definition) is 0. The SMILES string of the molecule is O=C(OCC(=O)C12CC3CC(CC(C3)C1)C2)c1cncn1-c1ccc(F)cc1. The van der Waals surface area contributed by atoms with Gasteiger partial charge >= 0.3 is 5.97 Å². The van der Waals surface area contributed by atoms with Crippen molar-refractivity contribution in [3.8, 4) is 5.69 Å². The molecule has 1 aromatic carbocycles. The Kier molecular flexibility index (Phi) is 4.11. The number of rotatable bonds is 5. The fourth-order valence-corrected chi connectivity index (χ4v) is 6.06. The molecule has 2 aromatic rings. The van der Waals surface area contributed by atoms with E-state index in [1.54, 1.807) is 12.1 Å². The van der Waals surface area contributed by atoms with Crippen LogP contribution >= 0.6 is 0 Å². The van der Waals surface area contributed by atoms with E-state index in [0.29, 0.717) is 23.4 Å². The molecule has 4 saturated carbocycles. The first-order valence-electron chi connectivity index (χ1n) is 10.0. The zero-order chi connectivity index (χ0) is 19.3. The molecule has 0 radical (unpaired) electrons. The molecule has 0 N–H and O–H groups in total. The summed E-state index contributed by atoms with van der Waals surface area (Å²) >= 11 is 0. The number of halogens is 1. The van der Waals surface area contributed by atoms with Gasteiger partial charge in [0.15, 0.2) is 18.1 Å². The number of carbonyl (C=O) groups is 2. The van der Waals surface area contributed by atoms with Crippen molar-refractivity contribution in [1.29, 1.82) is 0 Å². The lowest BCUT2D eigenvalue weighted by molar-refractivity contribution is -0.147. The van der Waals surface area contributed by atoms with Gasteiger partial charge in [-0.1, -0.05) is 0 Å². The van der Waals surface area contributed by atoms with Crippen molar-refractivity contribution in [3.63, 3.8) is 0 Å². The van der Waals surface area contributed by atoms with Gasteiger partial charge in [-0.05, 0) is 80.5 Å². The topological polar surface area (TPSA) is 61.2 Å². The van der Waals surface area contributed by atoms with Crippen LogP contribution in [0.25, 0.3) is 5.69 Å². The Bertz CT molecular complexity index is 883. The van der Waals surface area contributed by atoms with Gasteiger partial charge in [0.1, 0.15) is 5.82 Å². The van der Waals surface area contributed by atoms with Crippen LogP contribution in [0.3, 0.4) is 0 Å². The number of benzene rings is 1. The van der Waals surface area contributed by atoms with Crippen molar-refractivity contribution in [2.75, 3.05) is 6.61 Å². The summed E-state index contributed by atoms with van der Waals surface area (Å²) in [6.07, 6.45) is 9.57. The molecule has 28 heavy (non-hydrogen) atoms. The van der Waals surface area contributed by atoms with E-state index in [-0.39, 0.29) is 29.3 Å². The average Bonchev–Trinajstić information content (AvgIpc) is 3.15. The predicted octanol–water partition coefficient (Wildman–Crippen LogP) is 3.95. The molecule has 6 heteroatoms. The minimum atomic E-state index is -0.583. The summed E-state index contributed by atoms with van der Waals surface area (Å²) in [4.78, 5) is 29.6. The van der Waals surface area contributed by atoms with Gasteiger partial charge in [-0.3, -0.25) is 9.36 Å². The molecule has 5 nitrogen and oxygen atoms in total. The Morgan fingerprint density at radius 1 is 1.07 bits per heavy atom. The highest BCUT2D eigenvalue weighted by Gasteiger charge is 2.54. The van der Waals surface area contributed by atoms with Crippen LogP contribution in [0.1, 0.15) is 49.0 Å². The zero-order valence-electron chi connectivity index (χ0n) is 15.6. The molecule has 0 aliphatic heterocycles. The molecule has 0 unspecified atom stereocenters. The number of Topliss-reactive ketones (excluding diaryl/α,β-unsaturated/α-hetero) is 1. The Morgan fingerprint density at radius 3 is 2.29 bits per heavy atom. The van der Waals surface area contributed by atoms with E-state index in [2.05, 4.69) is 4.98 Å². The predicted molar refractivity (Wildman–Crippen MR) is 99.4 cm³/mol. The Balaban J connectivity index is 1.28. The van der Waals surface area contributed by atoms with E-state index in [1.165, 1.54) is 48.5 Å². The van der Waals surface area contributed by atoms with Gasteiger partial charge in [0.2, 0.25) is 0 Å². The number of carbonyl (C=O) groups excluding carboxylic acids is 2. The fourth-order valence-electron chi connectivity index (χ4n) is 6.06. The second-order valence-electron chi connectivity index (χ2n) is 8.82. The number of imidazole rings is 1. The molecule has 4 bridgehead atoms. The van der Waals surface area contributed by atoms with Crippen molar-refractivity contribution in [3.05, 3.63) is 48.3 Å². The van der Waals surface area contributed by atoms with Crippen molar-refractivity contribution < 1.29 is 18.7 Å². The van der Waals surface area contributed by atoms with E-state index < -0.39 is 5.97 Å². The van der Waals surface area contributed by atoms with Crippen LogP contribution in [-0.4, -0.2) is 27.9 Å². The van der Waals surface area contributed by atoms with Crippen LogP contribution in [0.15, 0.2) is 36.8 Å². The van der Waals surface area contributed by atoms with E-state index in [0.717, 1.165) is 19.3 Å². The molecule has 0 amide bonds. The molecule has 4 aliphatic rings. The van der Waals surface area contributed by atoms with E-state index in [4.69, 9.17) is 4.74 Å². The third-order valence-corrected chi connectivity index (χ3v) is 6.92. The molecule has 0 atom stereocenters. The van der Waals surface area contributed by atoms with Crippen molar-refractivity contribution in [2.45, 2.75) is 38.5 Å². The molecular weight excluding hydrogens is 359 g/mol. The van der Waals surface area contributed by atoms with Crippen LogP contribution in [0, 0.1) is 29.0 Å². The lowest BCUT2D eigenvalue weighted by Gasteiger charge is -2.55. The molecular formula is C22H23FN2O3. The second-order valence-corrected chi connectivity index (χ2v) is 8.82. The highest BCUT2D eigenvalue weighted by molar-refractivity contribution is 5.92. The summed E-state index contributed by atoms with van der Waals surface area (Å²) in [7, 11) is 0. The Hall–Kier alpha value is -2.50. The van der Waals surface area contributed by atoms with Crippen LogP contribution in [-0.2, 0) is 9.53 Å². The number of hydrogen-bond acceptors (Lipinski definition) is 4. The van der Waals surface area contributed by atoms with E-state index >= 15 is 0 Å². The molecule has 4 fully saturated rings. The van der Waals surface area contributed by atoms with Gasteiger partial charge in [0.05, 0.1) is 12.5 Å². The van der Waals surface area contributed by atoms with Gasteiger partial charge in [-0.15, -0.1) is 0 Å². The molecule has 6 rings (SSSR count). The zero-order valence-corrected chi connectivity index (χ0v) is 15.6. The minimum absolute atomic E-state index is 0.0767. The van der Waals surface area contributed by atoms with Crippen LogP contribution in [0.5, 0.6) is 0 Å². The largest absolute Gasteiger partial charge is 0.453 e. The number of esters is 1. The minimum Gasteiger partial charge on any atom is -0.453 e. The standard InChI is InChI=1S/C22H23FN2O3/c23-17-1-3-18(4-2-17)25-13-24-11-19(25)21(27)28-12-20(26)22-8-14-5-15(9-22)7-16(6-14)10-22/h1-4,11,13-16H,5-10,12H2. The van der Waals surface area contributed by atoms with Gasteiger partial charge in [-0.2, -0.15) is 0 Å². The Morgan fingerprint density at radius 2 is 1.68 bits per heavy atom. The molecule has 0 saturated heterocycles. The van der Waals surface area contributed by atoms with Crippen LogP contribution < -0.4 is 0 Å². The lowest BCUT2D eigenvalue weighted by Crippen LogP contribution is -2.51. The summed E-state index contributed by atoms with van der Waals surface area (Å²) in [6.45, 7) is -0.181. The van der Waals surface area contributed by atoms with Gasteiger partial charge in [0, 0.05) is 11.1 Å².